The summed E-state index contributed by atoms with van der Waals surface area (Å²) in [6.07, 6.45) is -0.442. The third kappa shape index (κ3) is 5.54. The summed E-state index contributed by atoms with van der Waals surface area (Å²) in [6, 6.07) is -0.527. The number of hydrogen-bond acceptors (Lipinski definition) is 5. The third-order valence-electron chi connectivity index (χ3n) is 2.50. The fourth-order valence-electron chi connectivity index (χ4n) is 1.41. The molecule has 1 unspecified atom stereocenters. The zero-order valence-electron chi connectivity index (χ0n) is 11.6. The molecule has 0 fully saturated rings. The zero-order chi connectivity index (χ0) is 15.3. The van der Waals surface area contributed by atoms with Crippen molar-refractivity contribution in [3.63, 3.8) is 0 Å². The fraction of sp³-hybridized carbons (Fsp3) is 0.583. The van der Waals surface area contributed by atoms with Crippen molar-refractivity contribution in [2.45, 2.75) is 38.7 Å². The number of aliphatic carboxylic acids is 1. The zero-order valence-corrected chi connectivity index (χ0v) is 12.5. The van der Waals surface area contributed by atoms with Gasteiger partial charge in [-0.2, -0.15) is 0 Å². The summed E-state index contributed by atoms with van der Waals surface area (Å²) < 4.78 is 0. The molecule has 0 aromatic carbocycles. The molecule has 8 heteroatoms. The van der Waals surface area contributed by atoms with Crippen LogP contribution in [0.5, 0.6) is 0 Å². The lowest BCUT2D eigenvalue weighted by atomic mass is 10.0. The molecular formula is C12H19N3O4S. The molecule has 7 nitrogen and oxygen atoms in total. The van der Waals surface area contributed by atoms with Crippen molar-refractivity contribution in [2.24, 2.45) is 0 Å². The van der Waals surface area contributed by atoms with E-state index >= 15 is 0 Å². The Labute approximate surface area is 121 Å². The van der Waals surface area contributed by atoms with Gasteiger partial charge in [-0.25, -0.2) is 9.78 Å². The molecule has 4 N–H and O–H groups in total. The van der Waals surface area contributed by atoms with Crippen molar-refractivity contribution in [3.8, 4) is 0 Å². The molecule has 2 amide bonds. The maximum absolute atomic E-state index is 11.6. The highest BCUT2D eigenvalue weighted by atomic mass is 32.1. The Bertz CT molecular complexity index is 485. The highest BCUT2D eigenvalue weighted by Gasteiger charge is 2.24. The maximum Gasteiger partial charge on any atom is 0.321 e. The normalized spacial score (nSPS) is 13.8. The van der Waals surface area contributed by atoms with Crippen molar-refractivity contribution in [3.05, 3.63) is 11.1 Å². The van der Waals surface area contributed by atoms with Crippen LogP contribution in [0.25, 0.3) is 0 Å². The van der Waals surface area contributed by atoms with E-state index in [-0.39, 0.29) is 12.5 Å². The number of nitrogens with one attached hydrogen (secondary N) is 2. The van der Waals surface area contributed by atoms with Gasteiger partial charge in [-0.3, -0.25) is 10.1 Å². The van der Waals surface area contributed by atoms with Crippen LogP contribution in [0.3, 0.4) is 0 Å². The lowest BCUT2D eigenvalue weighted by Gasteiger charge is -2.21. The van der Waals surface area contributed by atoms with Crippen LogP contribution in [0, 0.1) is 0 Å². The lowest BCUT2D eigenvalue weighted by Crippen LogP contribution is -2.43. The van der Waals surface area contributed by atoms with Crippen LogP contribution in [0.15, 0.2) is 5.38 Å². The van der Waals surface area contributed by atoms with Gasteiger partial charge >= 0.3 is 12.0 Å². The molecule has 1 atom stereocenters. The number of anilines is 1. The minimum atomic E-state index is -1.49. The van der Waals surface area contributed by atoms with E-state index in [1.807, 2.05) is 19.2 Å². The maximum atomic E-state index is 11.6. The smallest absolute Gasteiger partial charge is 0.321 e. The van der Waals surface area contributed by atoms with E-state index in [0.29, 0.717) is 5.13 Å². The van der Waals surface area contributed by atoms with Crippen molar-refractivity contribution in [1.29, 1.82) is 0 Å². The highest BCUT2D eigenvalue weighted by Crippen LogP contribution is 2.21. The first-order chi connectivity index (χ1) is 9.19. The number of amides is 2. The van der Waals surface area contributed by atoms with E-state index in [1.165, 1.54) is 18.3 Å². The number of carbonyl (C=O) groups excluding carboxylic acids is 1. The highest BCUT2D eigenvalue weighted by molar-refractivity contribution is 7.13. The van der Waals surface area contributed by atoms with Crippen LogP contribution in [0.2, 0.25) is 0 Å². The minimum Gasteiger partial charge on any atom is -0.481 e. The van der Waals surface area contributed by atoms with E-state index in [2.05, 4.69) is 15.6 Å². The minimum absolute atomic E-state index is 0.159. The Morgan fingerprint density at radius 3 is 2.65 bits per heavy atom. The van der Waals surface area contributed by atoms with Crippen molar-refractivity contribution < 1.29 is 19.8 Å². The summed E-state index contributed by atoms with van der Waals surface area (Å²) in [5, 5.41) is 25.6. The number of aliphatic hydroxyl groups is 1. The molecule has 0 saturated carbocycles. The van der Waals surface area contributed by atoms with Gasteiger partial charge in [-0.05, 0) is 12.8 Å². The van der Waals surface area contributed by atoms with Crippen LogP contribution in [-0.2, 0) is 4.79 Å². The molecule has 0 radical (unpaired) electrons. The SMILES string of the molecule is CC(C)c1csc(NC(=O)NCC(C)(O)CC(=O)O)n1. The number of urea groups is 1. The predicted molar refractivity (Wildman–Crippen MR) is 76.1 cm³/mol. The molecule has 0 spiro atoms. The number of carboxylic acids is 1. The molecule has 1 aromatic rings. The van der Waals surface area contributed by atoms with Gasteiger partial charge in [-0.15, -0.1) is 11.3 Å². The molecule has 1 aromatic heterocycles. The molecule has 20 heavy (non-hydrogen) atoms. The molecule has 1 rings (SSSR count). The number of nitrogens with zero attached hydrogens (tertiary/aromatic N) is 1. The van der Waals surface area contributed by atoms with E-state index in [9.17, 15) is 14.7 Å². The summed E-state index contributed by atoms with van der Waals surface area (Å²) in [4.78, 5) is 26.4. The third-order valence-corrected chi connectivity index (χ3v) is 3.27. The molecule has 0 aliphatic carbocycles. The van der Waals surface area contributed by atoms with E-state index < -0.39 is 24.0 Å². The van der Waals surface area contributed by atoms with Crippen LogP contribution >= 0.6 is 11.3 Å². The monoisotopic (exact) mass is 301 g/mol. The number of hydrogen-bond donors (Lipinski definition) is 4. The summed E-state index contributed by atoms with van der Waals surface area (Å²) in [7, 11) is 0. The van der Waals surface area contributed by atoms with Crippen LogP contribution < -0.4 is 10.6 Å². The summed E-state index contributed by atoms with van der Waals surface area (Å²) >= 11 is 1.31. The number of aromatic nitrogens is 1. The Kier molecular flexibility index (Phi) is 5.46. The lowest BCUT2D eigenvalue weighted by molar-refractivity contribution is -0.141. The van der Waals surface area contributed by atoms with Gasteiger partial charge in [0.15, 0.2) is 5.13 Å². The summed E-state index contributed by atoms with van der Waals surface area (Å²) in [6.45, 7) is 5.19. The van der Waals surface area contributed by atoms with Crippen LogP contribution in [-0.4, -0.2) is 39.3 Å². The van der Waals surface area contributed by atoms with Gasteiger partial charge in [0.2, 0.25) is 0 Å². The Hall–Kier alpha value is -1.67. The molecule has 0 aliphatic heterocycles. The second-order valence-electron chi connectivity index (χ2n) is 5.11. The molecule has 0 aliphatic rings. The predicted octanol–water partition coefficient (Wildman–Crippen LogP) is 1.61. The van der Waals surface area contributed by atoms with Gasteiger partial charge in [-0.1, -0.05) is 13.8 Å². The van der Waals surface area contributed by atoms with Crippen LogP contribution in [0.1, 0.15) is 38.8 Å². The van der Waals surface area contributed by atoms with Crippen molar-refractivity contribution in [2.75, 3.05) is 11.9 Å². The van der Waals surface area contributed by atoms with E-state index in [0.717, 1.165) is 5.69 Å². The number of rotatable bonds is 6. The second kappa shape index (κ2) is 6.67. The van der Waals surface area contributed by atoms with Gasteiger partial charge in [0.1, 0.15) is 0 Å². The molecule has 1 heterocycles. The van der Waals surface area contributed by atoms with Gasteiger partial charge in [0.25, 0.3) is 0 Å². The van der Waals surface area contributed by atoms with E-state index in [4.69, 9.17) is 5.11 Å². The number of carbonyl (C=O) groups is 2. The molecule has 0 bridgehead atoms. The summed E-state index contributed by atoms with van der Waals surface area (Å²) in [5.74, 6) is -0.847. The number of carboxylic acid groups (broad SMARTS) is 1. The van der Waals surface area contributed by atoms with Crippen molar-refractivity contribution in [1.82, 2.24) is 10.3 Å². The second-order valence-corrected chi connectivity index (χ2v) is 5.97. The average Bonchev–Trinajstić information content (AvgIpc) is 2.73. The molecule has 112 valence electrons. The molecule has 0 saturated heterocycles. The van der Waals surface area contributed by atoms with Crippen LogP contribution in [0.4, 0.5) is 9.93 Å². The summed E-state index contributed by atoms with van der Waals surface area (Å²) in [5.41, 5.74) is -0.599. The number of thiazole rings is 1. The van der Waals surface area contributed by atoms with Gasteiger partial charge in [0.05, 0.1) is 17.7 Å². The first-order valence-electron chi connectivity index (χ1n) is 6.14. The molecular weight excluding hydrogens is 282 g/mol. The average molecular weight is 301 g/mol. The van der Waals surface area contributed by atoms with E-state index in [1.54, 1.807) is 0 Å². The Balaban J connectivity index is 2.45. The first-order valence-corrected chi connectivity index (χ1v) is 7.02. The van der Waals surface area contributed by atoms with Gasteiger partial charge in [0, 0.05) is 11.9 Å². The standard InChI is InChI=1S/C12H19N3O4S/c1-7(2)8-5-20-11(14-8)15-10(18)13-6-12(3,19)4-9(16)17/h5,7,19H,4,6H2,1-3H3,(H,16,17)(H2,13,14,15,18). The Morgan fingerprint density at radius 2 is 2.15 bits per heavy atom. The largest absolute Gasteiger partial charge is 0.481 e. The Morgan fingerprint density at radius 1 is 1.50 bits per heavy atom. The quantitative estimate of drug-likeness (QED) is 0.638. The topological polar surface area (TPSA) is 112 Å². The fourth-order valence-corrected chi connectivity index (χ4v) is 2.28. The van der Waals surface area contributed by atoms with Gasteiger partial charge < -0.3 is 15.5 Å². The van der Waals surface area contributed by atoms with Crippen molar-refractivity contribution >= 4 is 28.5 Å². The first kappa shape index (κ1) is 16.4.